The second-order valence-electron chi connectivity index (χ2n) is 5.27. The zero-order chi connectivity index (χ0) is 17.5. The van der Waals surface area contributed by atoms with Crippen LogP contribution in [-0.4, -0.2) is 18.4 Å². The van der Waals surface area contributed by atoms with Crippen LogP contribution in [0.4, 0.5) is 5.69 Å². The number of amides is 2. The largest absolute Gasteiger partial charge is 0.352 e. The zero-order valence-electron chi connectivity index (χ0n) is 13.3. The summed E-state index contributed by atoms with van der Waals surface area (Å²) in [5, 5.41) is 3.97. The van der Waals surface area contributed by atoms with E-state index in [0.29, 0.717) is 22.3 Å². The third-order valence-electron chi connectivity index (χ3n) is 3.50. The van der Waals surface area contributed by atoms with E-state index in [0.717, 1.165) is 5.56 Å². The van der Waals surface area contributed by atoms with Gasteiger partial charge >= 0.3 is 0 Å². The molecule has 0 aliphatic heterocycles. The Hall–Kier alpha value is -2.04. The van der Waals surface area contributed by atoms with Gasteiger partial charge in [0.15, 0.2) is 0 Å². The smallest absolute Gasteiger partial charge is 0.223 e. The van der Waals surface area contributed by atoms with Crippen molar-refractivity contribution < 1.29 is 9.59 Å². The highest BCUT2D eigenvalue weighted by Crippen LogP contribution is 2.20. The molecule has 0 aliphatic carbocycles. The predicted octanol–water partition coefficient (Wildman–Crippen LogP) is 4.05. The minimum Gasteiger partial charge on any atom is -0.352 e. The van der Waals surface area contributed by atoms with E-state index in [1.165, 1.54) is 11.8 Å². The number of halogens is 2. The summed E-state index contributed by atoms with van der Waals surface area (Å²) in [5.41, 5.74) is 1.53. The maximum Gasteiger partial charge on any atom is 0.223 e. The topological polar surface area (TPSA) is 49.4 Å². The molecule has 2 aromatic carbocycles. The molecule has 2 amide bonds. The standard InChI is InChI=1S/C18H18Cl2N2O2/c1-13(23)22(16-7-4-6-15(19)11-16)10-9-18(24)21-12-14-5-2-3-8-17(14)20/h2-8,11H,9-10,12H2,1H3,(H,21,24). The van der Waals surface area contributed by atoms with E-state index in [-0.39, 0.29) is 24.8 Å². The van der Waals surface area contributed by atoms with Crippen LogP contribution in [0.15, 0.2) is 48.5 Å². The van der Waals surface area contributed by atoms with Gasteiger partial charge in [-0.2, -0.15) is 0 Å². The summed E-state index contributed by atoms with van der Waals surface area (Å²) in [7, 11) is 0. The van der Waals surface area contributed by atoms with Crippen LogP contribution in [-0.2, 0) is 16.1 Å². The number of carbonyl (C=O) groups excluding carboxylic acids is 2. The first-order chi connectivity index (χ1) is 11.5. The first kappa shape index (κ1) is 18.3. The van der Waals surface area contributed by atoms with E-state index < -0.39 is 0 Å². The Morgan fingerprint density at radius 3 is 2.50 bits per heavy atom. The van der Waals surface area contributed by atoms with Crippen LogP contribution in [0, 0.1) is 0 Å². The highest BCUT2D eigenvalue weighted by Gasteiger charge is 2.14. The second kappa shape index (κ2) is 8.71. The highest BCUT2D eigenvalue weighted by atomic mass is 35.5. The molecule has 4 nitrogen and oxygen atoms in total. The first-order valence-corrected chi connectivity index (χ1v) is 8.26. The second-order valence-corrected chi connectivity index (χ2v) is 6.11. The van der Waals surface area contributed by atoms with Crippen LogP contribution in [0.25, 0.3) is 0 Å². The number of nitrogens with one attached hydrogen (secondary N) is 1. The van der Waals surface area contributed by atoms with Crippen molar-refractivity contribution in [3.63, 3.8) is 0 Å². The lowest BCUT2D eigenvalue weighted by Gasteiger charge is -2.21. The third kappa shape index (κ3) is 5.25. The maximum atomic E-state index is 12.0. The number of carbonyl (C=O) groups is 2. The van der Waals surface area contributed by atoms with Crippen molar-refractivity contribution in [3.05, 3.63) is 64.1 Å². The molecule has 1 N–H and O–H groups in total. The van der Waals surface area contributed by atoms with Crippen molar-refractivity contribution >= 4 is 40.7 Å². The summed E-state index contributed by atoms with van der Waals surface area (Å²) in [6.07, 6.45) is 0.191. The van der Waals surface area contributed by atoms with Gasteiger partial charge in [0.05, 0.1) is 0 Å². The summed E-state index contributed by atoms with van der Waals surface area (Å²) < 4.78 is 0. The lowest BCUT2D eigenvalue weighted by Crippen LogP contribution is -2.33. The Morgan fingerprint density at radius 1 is 1.08 bits per heavy atom. The first-order valence-electron chi connectivity index (χ1n) is 7.51. The van der Waals surface area contributed by atoms with Gasteiger partial charge in [0, 0.05) is 42.2 Å². The molecule has 0 saturated heterocycles. The van der Waals surface area contributed by atoms with Gasteiger partial charge in [0.2, 0.25) is 11.8 Å². The van der Waals surface area contributed by atoms with Crippen LogP contribution in [0.1, 0.15) is 18.9 Å². The number of hydrogen-bond acceptors (Lipinski definition) is 2. The SMILES string of the molecule is CC(=O)N(CCC(=O)NCc1ccccc1Cl)c1cccc(Cl)c1. The average Bonchev–Trinajstić information content (AvgIpc) is 2.54. The molecule has 0 spiro atoms. The molecule has 0 fully saturated rings. The lowest BCUT2D eigenvalue weighted by molar-refractivity contribution is -0.121. The molecule has 0 radical (unpaired) electrons. The Morgan fingerprint density at radius 2 is 1.83 bits per heavy atom. The van der Waals surface area contributed by atoms with E-state index >= 15 is 0 Å². The highest BCUT2D eigenvalue weighted by molar-refractivity contribution is 6.31. The third-order valence-corrected chi connectivity index (χ3v) is 4.10. The number of hydrogen-bond donors (Lipinski definition) is 1. The van der Waals surface area contributed by atoms with E-state index in [9.17, 15) is 9.59 Å². The quantitative estimate of drug-likeness (QED) is 0.840. The van der Waals surface area contributed by atoms with Crippen molar-refractivity contribution in [3.8, 4) is 0 Å². The summed E-state index contributed by atoms with van der Waals surface area (Å²) in [6, 6.07) is 14.3. The Balaban J connectivity index is 1.91. The fraction of sp³-hybridized carbons (Fsp3) is 0.222. The molecule has 6 heteroatoms. The van der Waals surface area contributed by atoms with E-state index in [2.05, 4.69) is 5.32 Å². The minimum atomic E-state index is -0.150. The number of nitrogens with zero attached hydrogens (tertiary/aromatic N) is 1. The van der Waals surface area contributed by atoms with Gasteiger partial charge in [-0.25, -0.2) is 0 Å². The van der Waals surface area contributed by atoms with Crippen molar-refractivity contribution in [2.24, 2.45) is 0 Å². The summed E-state index contributed by atoms with van der Waals surface area (Å²) in [5.74, 6) is -0.292. The number of anilines is 1. The van der Waals surface area contributed by atoms with Gasteiger partial charge in [0.25, 0.3) is 0 Å². The molecule has 0 unspecified atom stereocenters. The zero-order valence-corrected chi connectivity index (χ0v) is 14.8. The van der Waals surface area contributed by atoms with E-state index in [1.54, 1.807) is 30.3 Å². The lowest BCUT2D eigenvalue weighted by atomic mass is 10.2. The molecule has 0 saturated carbocycles. The Bertz CT molecular complexity index is 734. The van der Waals surface area contributed by atoms with Gasteiger partial charge < -0.3 is 10.2 Å². The molecule has 0 atom stereocenters. The molecule has 0 heterocycles. The van der Waals surface area contributed by atoms with Crippen LogP contribution >= 0.6 is 23.2 Å². The van der Waals surface area contributed by atoms with Gasteiger partial charge in [0.1, 0.15) is 0 Å². The fourth-order valence-corrected chi connectivity index (χ4v) is 2.64. The van der Waals surface area contributed by atoms with E-state index in [1.807, 2.05) is 18.2 Å². The van der Waals surface area contributed by atoms with Crippen LogP contribution in [0.5, 0.6) is 0 Å². The molecule has 0 aromatic heterocycles. The molecule has 126 valence electrons. The number of rotatable bonds is 6. The summed E-state index contributed by atoms with van der Waals surface area (Å²) >= 11 is 12.0. The average molecular weight is 365 g/mol. The maximum absolute atomic E-state index is 12.0. The minimum absolute atomic E-state index is 0.142. The molecular weight excluding hydrogens is 347 g/mol. The van der Waals surface area contributed by atoms with Crippen LogP contribution in [0.3, 0.4) is 0 Å². The van der Waals surface area contributed by atoms with Crippen LogP contribution < -0.4 is 10.2 Å². The molecular formula is C18H18Cl2N2O2. The molecule has 0 aliphatic rings. The van der Waals surface area contributed by atoms with E-state index in [4.69, 9.17) is 23.2 Å². The Labute approximate surface area is 151 Å². The van der Waals surface area contributed by atoms with Gasteiger partial charge in [-0.15, -0.1) is 0 Å². The monoisotopic (exact) mass is 364 g/mol. The number of benzene rings is 2. The van der Waals surface area contributed by atoms with Crippen molar-refractivity contribution in [2.75, 3.05) is 11.4 Å². The van der Waals surface area contributed by atoms with Crippen molar-refractivity contribution in [1.82, 2.24) is 5.32 Å². The molecule has 2 aromatic rings. The fourth-order valence-electron chi connectivity index (χ4n) is 2.25. The molecule has 24 heavy (non-hydrogen) atoms. The van der Waals surface area contributed by atoms with Crippen LogP contribution in [0.2, 0.25) is 10.0 Å². The Kier molecular flexibility index (Phi) is 6.64. The van der Waals surface area contributed by atoms with Gasteiger partial charge in [-0.3, -0.25) is 9.59 Å². The summed E-state index contributed by atoms with van der Waals surface area (Å²) in [6.45, 7) is 2.10. The van der Waals surface area contributed by atoms with Crippen molar-refractivity contribution in [2.45, 2.75) is 19.9 Å². The molecule has 0 bridgehead atoms. The normalized spacial score (nSPS) is 10.3. The van der Waals surface area contributed by atoms with Crippen molar-refractivity contribution in [1.29, 1.82) is 0 Å². The van der Waals surface area contributed by atoms with Gasteiger partial charge in [-0.05, 0) is 29.8 Å². The summed E-state index contributed by atoms with van der Waals surface area (Å²) in [4.78, 5) is 25.4. The van der Waals surface area contributed by atoms with Gasteiger partial charge in [-0.1, -0.05) is 47.5 Å². The molecule has 2 rings (SSSR count). The predicted molar refractivity (Wildman–Crippen MR) is 97.4 cm³/mol.